The smallest absolute Gasteiger partial charge is 0.352 e. The Labute approximate surface area is 160 Å². The minimum Gasteiger partial charge on any atom is -0.477 e. The topological polar surface area (TPSA) is 79.4 Å². The van der Waals surface area contributed by atoms with Gasteiger partial charge in [0.05, 0.1) is 11.6 Å². The zero-order chi connectivity index (χ0) is 18.7. The zero-order valence-electron chi connectivity index (χ0n) is 14.1. The molecule has 26 heavy (non-hydrogen) atoms. The Bertz CT molecular complexity index is 866. The number of aromatic nitrogens is 1. The molecule has 1 aromatic carbocycles. The number of hydrogen-bond donors (Lipinski definition) is 2. The van der Waals surface area contributed by atoms with E-state index in [9.17, 15) is 14.7 Å². The summed E-state index contributed by atoms with van der Waals surface area (Å²) in [5, 5.41) is 10.6. The van der Waals surface area contributed by atoms with Crippen LogP contribution in [0.5, 0.6) is 0 Å². The molecule has 1 aromatic heterocycles. The highest BCUT2D eigenvalue weighted by Gasteiger charge is 2.19. The molecule has 1 fully saturated rings. The molecule has 2 N–H and O–H groups in total. The summed E-state index contributed by atoms with van der Waals surface area (Å²) in [4.78, 5) is 26.3. The fraction of sp³-hybridized carbons (Fsp3) is 0.368. The van der Waals surface area contributed by atoms with E-state index in [1.54, 1.807) is 6.07 Å². The van der Waals surface area contributed by atoms with E-state index < -0.39 is 11.9 Å². The average Bonchev–Trinajstić information content (AvgIpc) is 2.98. The van der Waals surface area contributed by atoms with Gasteiger partial charge in [-0.05, 0) is 37.0 Å². The predicted octanol–water partition coefficient (Wildman–Crippen LogP) is 5.31. The Morgan fingerprint density at radius 3 is 2.65 bits per heavy atom. The van der Waals surface area contributed by atoms with Crippen LogP contribution in [0.1, 0.15) is 48.2 Å². The van der Waals surface area contributed by atoms with Gasteiger partial charge in [0.1, 0.15) is 5.69 Å². The Morgan fingerprint density at radius 2 is 1.96 bits per heavy atom. The first-order valence-electron chi connectivity index (χ1n) is 8.54. The first-order chi connectivity index (χ1) is 12.5. The van der Waals surface area contributed by atoms with Gasteiger partial charge in [0.25, 0.3) is 0 Å². The normalized spacial score (nSPS) is 15.6. The molecule has 5 nitrogen and oxygen atoms in total. The van der Waals surface area contributed by atoms with Gasteiger partial charge in [-0.15, -0.1) is 0 Å². The van der Waals surface area contributed by atoms with Gasteiger partial charge in [0.15, 0.2) is 0 Å². The lowest BCUT2D eigenvalue weighted by atomic mass is 9.90. The van der Waals surface area contributed by atoms with E-state index in [2.05, 4.69) is 4.98 Å². The summed E-state index contributed by atoms with van der Waals surface area (Å²) < 4.78 is 5.30. The molecule has 0 spiro atoms. The van der Waals surface area contributed by atoms with Crippen LogP contribution in [0, 0.1) is 5.92 Å². The maximum Gasteiger partial charge on any atom is 0.352 e. The lowest BCUT2D eigenvalue weighted by Crippen LogP contribution is -2.15. The van der Waals surface area contributed by atoms with Crippen molar-refractivity contribution in [1.82, 2.24) is 4.98 Å². The van der Waals surface area contributed by atoms with Crippen LogP contribution in [0.25, 0.3) is 17.0 Å². The van der Waals surface area contributed by atoms with Crippen molar-refractivity contribution in [3.05, 3.63) is 39.5 Å². The number of esters is 1. The van der Waals surface area contributed by atoms with Gasteiger partial charge in [0.2, 0.25) is 0 Å². The minimum absolute atomic E-state index is 0.0551. The Kier molecular flexibility index (Phi) is 5.89. The highest BCUT2D eigenvalue weighted by molar-refractivity contribution is 6.39. The van der Waals surface area contributed by atoms with Crippen molar-refractivity contribution >= 4 is 52.1 Å². The number of nitrogens with one attached hydrogen (secondary N) is 1. The number of benzene rings is 1. The number of carbonyl (C=O) groups excluding carboxylic acids is 1. The molecule has 0 radical (unpaired) electrons. The fourth-order valence-electron chi connectivity index (χ4n) is 3.36. The molecule has 1 heterocycles. The maximum atomic E-state index is 12.0. The molecule has 3 rings (SSSR count). The van der Waals surface area contributed by atoms with Gasteiger partial charge in [0, 0.05) is 27.6 Å². The number of rotatable bonds is 5. The van der Waals surface area contributed by atoms with Gasteiger partial charge in [-0.2, -0.15) is 0 Å². The fourth-order valence-corrected chi connectivity index (χ4v) is 3.96. The van der Waals surface area contributed by atoms with Crippen LogP contribution in [0.2, 0.25) is 10.0 Å². The van der Waals surface area contributed by atoms with Gasteiger partial charge in [-0.3, -0.25) is 0 Å². The van der Waals surface area contributed by atoms with Gasteiger partial charge in [-0.25, -0.2) is 9.59 Å². The number of aromatic carboxylic acids is 1. The van der Waals surface area contributed by atoms with Crippen LogP contribution >= 0.6 is 23.2 Å². The van der Waals surface area contributed by atoms with Gasteiger partial charge >= 0.3 is 11.9 Å². The van der Waals surface area contributed by atoms with E-state index >= 15 is 0 Å². The van der Waals surface area contributed by atoms with Crippen LogP contribution in [0.15, 0.2) is 18.2 Å². The number of carbonyl (C=O) groups is 2. The van der Waals surface area contributed by atoms with Crippen LogP contribution in [-0.2, 0) is 9.53 Å². The van der Waals surface area contributed by atoms with E-state index in [1.165, 1.54) is 37.5 Å². The summed E-state index contributed by atoms with van der Waals surface area (Å²) in [5.74, 6) is -1.23. The first-order valence-corrected chi connectivity index (χ1v) is 9.30. The number of hydrogen-bond acceptors (Lipinski definition) is 3. The third-order valence-electron chi connectivity index (χ3n) is 4.64. The highest BCUT2D eigenvalue weighted by Crippen LogP contribution is 2.33. The van der Waals surface area contributed by atoms with Crippen LogP contribution < -0.4 is 0 Å². The molecule has 0 unspecified atom stereocenters. The van der Waals surface area contributed by atoms with Crippen LogP contribution in [-0.4, -0.2) is 28.6 Å². The second-order valence-electron chi connectivity index (χ2n) is 6.50. The van der Waals surface area contributed by atoms with E-state index in [4.69, 9.17) is 27.9 Å². The molecular weight excluding hydrogens is 377 g/mol. The van der Waals surface area contributed by atoms with E-state index in [0.29, 0.717) is 39.0 Å². The number of aromatic amines is 1. The maximum absolute atomic E-state index is 12.0. The third-order valence-corrected chi connectivity index (χ3v) is 5.16. The number of carboxylic acids is 1. The van der Waals surface area contributed by atoms with E-state index in [1.807, 2.05) is 0 Å². The van der Waals surface area contributed by atoms with Crippen molar-refractivity contribution in [2.75, 3.05) is 6.61 Å². The number of ether oxygens (including phenoxy) is 1. The lowest BCUT2D eigenvalue weighted by molar-refractivity contribution is -0.139. The molecule has 1 aliphatic carbocycles. The number of fused-ring (bicyclic) bond motifs is 1. The molecule has 0 aliphatic heterocycles. The SMILES string of the molecule is O=C(/C=C/c1c(C(=O)O)[nH]c2cc(Cl)cc(Cl)c12)OCC1CCCCC1. The molecule has 0 atom stereocenters. The number of H-pyrrole nitrogens is 1. The van der Waals surface area contributed by atoms with E-state index in [-0.39, 0.29) is 5.69 Å². The predicted molar refractivity (Wildman–Crippen MR) is 102 cm³/mol. The largest absolute Gasteiger partial charge is 0.477 e. The molecule has 2 aromatic rings. The highest BCUT2D eigenvalue weighted by atomic mass is 35.5. The van der Waals surface area contributed by atoms with Crippen molar-refractivity contribution in [2.24, 2.45) is 5.92 Å². The van der Waals surface area contributed by atoms with Crippen molar-refractivity contribution < 1.29 is 19.4 Å². The number of carboxylic acid groups (broad SMARTS) is 1. The van der Waals surface area contributed by atoms with Gasteiger partial charge in [-0.1, -0.05) is 42.5 Å². The Balaban J connectivity index is 1.80. The molecule has 138 valence electrons. The molecule has 1 aliphatic rings. The summed E-state index contributed by atoms with van der Waals surface area (Å²) in [6.45, 7) is 0.402. The van der Waals surface area contributed by atoms with Gasteiger partial charge < -0.3 is 14.8 Å². The molecule has 0 bridgehead atoms. The Hall–Kier alpha value is -1.98. The van der Waals surface area contributed by atoms with Crippen molar-refractivity contribution in [2.45, 2.75) is 32.1 Å². The summed E-state index contributed by atoms with van der Waals surface area (Å²) in [5.41, 5.74) is 0.763. The lowest BCUT2D eigenvalue weighted by Gasteiger charge is -2.20. The Morgan fingerprint density at radius 1 is 1.23 bits per heavy atom. The average molecular weight is 396 g/mol. The second kappa shape index (κ2) is 8.14. The molecule has 7 heteroatoms. The summed E-state index contributed by atoms with van der Waals surface area (Å²) in [7, 11) is 0. The van der Waals surface area contributed by atoms with E-state index in [0.717, 1.165) is 12.8 Å². The molecule has 0 saturated heterocycles. The van der Waals surface area contributed by atoms with Crippen LogP contribution in [0.3, 0.4) is 0 Å². The first kappa shape index (κ1) is 18.8. The van der Waals surface area contributed by atoms with Crippen molar-refractivity contribution in [1.29, 1.82) is 0 Å². The monoisotopic (exact) mass is 395 g/mol. The third kappa shape index (κ3) is 4.22. The molecule has 1 saturated carbocycles. The van der Waals surface area contributed by atoms with Crippen molar-refractivity contribution in [3.8, 4) is 0 Å². The van der Waals surface area contributed by atoms with Crippen molar-refractivity contribution in [3.63, 3.8) is 0 Å². The molecule has 0 amide bonds. The number of halogens is 2. The standard InChI is InChI=1S/C19H19Cl2NO4/c20-12-8-14(21)17-13(18(19(24)25)22-15(17)9-12)6-7-16(23)26-10-11-4-2-1-3-5-11/h6-9,11,22H,1-5,10H2,(H,24,25)/b7-6+. The second-order valence-corrected chi connectivity index (χ2v) is 7.34. The summed E-state index contributed by atoms with van der Waals surface area (Å²) in [6, 6.07) is 3.12. The summed E-state index contributed by atoms with van der Waals surface area (Å²) >= 11 is 12.2. The molecular formula is C19H19Cl2NO4. The minimum atomic E-state index is -1.15. The zero-order valence-corrected chi connectivity index (χ0v) is 15.6. The van der Waals surface area contributed by atoms with Crippen LogP contribution in [0.4, 0.5) is 0 Å². The summed E-state index contributed by atoms with van der Waals surface area (Å²) in [6.07, 6.45) is 8.42. The quantitative estimate of drug-likeness (QED) is 0.530.